The number of fused-ring (bicyclic) bond motifs is 4. The summed E-state index contributed by atoms with van der Waals surface area (Å²) in [6.45, 7) is 4.18. The van der Waals surface area contributed by atoms with Gasteiger partial charge in [-0.25, -0.2) is 9.97 Å². The first-order valence-electron chi connectivity index (χ1n) is 15.0. The Kier molecular flexibility index (Phi) is 5.72. The lowest BCUT2D eigenvalue weighted by Gasteiger charge is -2.27. The Balaban J connectivity index is 1.32. The number of amides is 1. The first-order chi connectivity index (χ1) is 20.4. The van der Waals surface area contributed by atoms with Crippen molar-refractivity contribution in [2.75, 3.05) is 13.7 Å². The van der Waals surface area contributed by atoms with E-state index in [2.05, 4.69) is 32.4 Å². The molecule has 2 bridgehead atoms. The SMILES string of the molecule is COc1cc(C(=O)N2CC3CCC2[C@@H]3N)cc2nc(-c3cc4cccnc4n3CC3CC3)n(Cc3cc(C)nn3C)c12. The minimum absolute atomic E-state index is 0.00302. The van der Waals surface area contributed by atoms with E-state index in [0.29, 0.717) is 29.7 Å². The van der Waals surface area contributed by atoms with Crippen molar-refractivity contribution < 1.29 is 9.53 Å². The second-order valence-corrected chi connectivity index (χ2v) is 12.4. The summed E-state index contributed by atoms with van der Waals surface area (Å²) >= 11 is 0. The van der Waals surface area contributed by atoms with Crippen LogP contribution in [0.15, 0.2) is 42.6 Å². The second kappa shape index (κ2) is 9.42. The van der Waals surface area contributed by atoms with Gasteiger partial charge in [-0.15, -0.1) is 0 Å². The van der Waals surface area contributed by atoms with E-state index in [1.807, 2.05) is 47.9 Å². The number of hydrogen-bond donors (Lipinski definition) is 1. The summed E-state index contributed by atoms with van der Waals surface area (Å²) in [7, 11) is 3.63. The number of pyridine rings is 1. The van der Waals surface area contributed by atoms with Gasteiger partial charge in [0, 0.05) is 49.4 Å². The molecule has 1 aliphatic heterocycles. The molecule has 2 N–H and O–H groups in total. The quantitative estimate of drug-likeness (QED) is 0.319. The average molecular weight is 565 g/mol. The van der Waals surface area contributed by atoms with Crippen molar-refractivity contribution in [1.82, 2.24) is 33.8 Å². The van der Waals surface area contributed by atoms with Gasteiger partial charge in [-0.05, 0) is 80.8 Å². The number of benzene rings is 1. The molecule has 3 aliphatic rings. The molecule has 2 unspecified atom stereocenters. The van der Waals surface area contributed by atoms with Crippen molar-refractivity contribution in [2.24, 2.45) is 24.6 Å². The number of aromatic nitrogens is 6. The molecule has 216 valence electrons. The van der Waals surface area contributed by atoms with Gasteiger partial charge in [0.15, 0.2) is 5.82 Å². The van der Waals surface area contributed by atoms with Crippen LogP contribution in [0.4, 0.5) is 0 Å². The molecule has 1 saturated heterocycles. The Morgan fingerprint density at radius 2 is 1.98 bits per heavy atom. The van der Waals surface area contributed by atoms with E-state index in [4.69, 9.17) is 20.4 Å². The zero-order valence-corrected chi connectivity index (χ0v) is 24.3. The number of piperidine rings is 1. The van der Waals surface area contributed by atoms with E-state index >= 15 is 0 Å². The van der Waals surface area contributed by atoms with Crippen LogP contribution in [0.5, 0.6) is 5.75 Å². The van der Waals surface area contributed by atoms with Crippen LogP contribution in [0.2, 0.25) is 0 Å². The third kappa shape index (κ3) is 3.95. The van der Waals surface area contributed by atoms with E-state index in [0.717, 1.165) is 70.9 Å². The van der Waals surface area contributed by atoms with E-state index in [1.165, 1.54) is 12.8 Å². The van der Waals surface area contributed by atoms with Crippen LogP contribution in [-0.2, 0) is 20.1 Å². The van der Waals surface area contributed by atoms with Crippen molar-refractivity contribution in [3.63, 3.8) is 0 Å². The minimum atomic E-state index is 0.00302. The second-order valence-electron chi connectivity index (χ2n) is 12.4. The van der Waals surface area contributed by atoms with Crippen molar-refractivity contribution in [3.8, 4) is 17.3 Å². The molecule has 0 spiro atoms. The van der Waals surface area contributed by atoms with Crippen molar-refractivity contribution in [3.05, 3.63) is 59.5 Å². The smallest absolute Gasteiger partial charge is 0.254 e. The lowest BCUT2D eigenvalue weighted by Crippen LogP contribution is -2.41. The number of methoxy groups -OCH3 is 1. The molecule has 3 fully saturated rings. The van der Waals surface area contributed by atoms with E-state index in [9.17, 15) is 4.79 Å². The summed E-state index contributed by atoms with van der Waals surface area (Å²) in [5.41, 5.74) is 12.6. The van der Waals surface area contributed by atoms with Gasteiger partial charge in [0.2, 0.25) is 0 Å². The first kappa shape index (κ1) is 25.5. The number of rotatable bonds is 7. The number of hydrogen-bond acceptors (Lipinski definition) is 6. The molecule has 0 radical (unpaired) electrons. The number of aryl methyl sites for hydroxylation is 2. The summed E-state index contributed by atoms with van der Waals surface area (Å²) in [5, 5.41) is 5.69. The number of likely N-dealkylation sites (tertiary alicyclic amines) is 1. The largest absolute Gasteiger partial charge is 0.494 e. The topological polar surface area (TPSA) is 109 Å². The Labute approximate surface area is 244 Å². The van der Waals surface area contributed by atoms with E-state index in [-0.39, 0.29) is 18.0 Å². The van der Waals surface area contributed by atoms with Gasteiger partial charge in [0.25, 0.3) is 5.91 Å². The molecule has 8 rings (SSSR count). The monoisotopic (exact) mass is 564 g/mol. The standard InChI is InChI=1S/C32H36N8O2/c1-18-11-23(37(2)36-18)17-40-29-24(12-22(14-27(29)42-3)32(41)39-16-21-8-9-25(39)28(21)33)35-31(40)26-13-20-5-4-10-34-30(20)38(26)15-19-6-7-19/h4-5,10-14,19,21,25,28H,6-9,15-17,33H2,1-3H3/t21?,25?,28-/m1/s1. The fraction of sp³-hybridized carbons (Fsp3) is 0.438. The van der Waals surface area contributed by atoms with Gasteiger partial charge in [-0.2, -0.15) is 5.10 Å². The highest BCUT2D eigenvalue weighted by Gasteiger charge is 2.47. The summed E-state index contributed by atoms with van der Waals surface area (Å²) in [6, 6.07) is 12.4. The first-order valence-corrected chi connectivity index (χ1v) is 15.0. The van der Waals surface area contributed by atoms with Gasteiger partial charge in [0.05, 0.1) is 36.3 Å². The molecule has 5 aromatic rings. The highest BCUT2D eigenvalue weighted by molar-refractivity contribution is 6.00. The van der Waals surface area contributed by atoms with Crippen LogP contribution in [0.1, 0.15) is 47.4 Å². The minimum Gasteiger partial charge on any atom is -0.494 e. The van der Waals surface area contributed by atoms with Gasteiger partial charge < -0.3 is 24.5 Å². The van der Waals surface area contributed by atoms with Gasteiger partial charge in [-0.3, -0.25) is 9.48 Å². The van der Waals surface area contributed by atoms with E-state index in [1.54, 1.807) is 7.11 Å². The number of carbonyl (C=O) groups is 1. The van der Waals surface area contributed by atoms with Crippen LogP contribution in [-0.4, -0.2) is 65.4 Å². The molecule has 2 aliphatic carbocycles. The lowest BCUT2D eigenvalue weighted by atomic mass is 10.1. The number of ether oxygens (including phenoxy) is 1. The maximum absolute atomic E-state index is 13.9. The van der Waals surface area contributed by atoms with Gasteiger partial charge >= 0.3 is 0 Å². The maximum atomic E-state index is 13.9. The summed E-state index contributed by atoms with van der Waals surface area (Å²) in [6.07, 6.45) is 6.40. The fourth-order valence-electron chi connectivity index (χ4n) is 7.30. The van der Waals surface area contributed by atoms with E-state index < -0.39 is 0 Å². The Bertz CT molecular complexity index is 1860. The molecule has 42 heavy (non-hydrogen) atoms. The summed E-state index contributed by atoms with van der Waals surface area (Å²) < 4.78 is 12.4. The molecule has 1 amide bonds. The Morgan fingerprint density at radius 3 is 2.67 bits per heavy atom. The molecular formula is C32H36N8O2. The highest BCUT2D eigenvalue weighted by Crippen LogP contribution is 2.40. The number of carbonyl (C=O) groups excluding carboxylic acids is 1. The highest BCUT2D eigenvalue weighted by atomic mass is 16.5. The molecule has 2 saturated carbocycles. The van der Waals surface area contributed by atoms with Crippen molar-refractivity contribution >= 4 is 28.0 Å². The van der Waals surface area contributed by atoms with Crippen LogP contribution in [0.3, 0.4) is 0 Å². The fourth-order valence-corrected chi connectivity index (χ4v) is 7.30. The molecular weight excluding hydrogens is 528 g/mol. The van der Waals surface area contributed by atoms with Gasteiger partial charge in [0.1, 0.15) is 16.9 Å². The zero-order chi connectivity index (χ0) is 28.7. The van der Waals surface area contributed by atoms with Crippen LogP contribution in [0.25, 0.3) is 33.6 Å². The molecule has 3 atom stereocenters. The molecule has 4 aromatic heterocycles. The van der Waals surface area contributed by atoms with Crippen LogP contribution in [0, 0.1) is 18.8 Å². The normalized spacial score (nSPS) is 21.7. The zero-order valence-electron chi connectivity index (χ0n) is 24.3. The molecule has 10 nitrogen and oxygen atoms in total. The van der Waals surface area contributed by atoms with Gasteiger partial charge in [-0.1, -0.05) is 0 Å². The number of nitrogens with two attached hydrogens (primary N) is 1. The number of imidazole rings is 1. The molecule has 1 aromatic carbocycles. The van der Waals surface area contributed by atoms with Crippen molar-refractivity contribution in [2.45, 2.75) is 57.8 Å². The average Bonchev–Trinajstić information content (AvgIpc) is 3.19. The molecule has 10 heteroatoms. The Morgan fingerprint density at radius 1 is 1.12 bits per heavy atom. The third-order valence-corrected chi connectivity index (χ3v) is 9.63. The summed E-state index contributed by atoms with van der Waals surface area (Å²) in [5.74, 6) is 2.50. The number of nitrogens with zero attached hydrogens (tertiary/aromatic N) is 7. The van der Waals surface area contributed by atoms with Crippen LogP contribution < -0.4 is 10.5 Å². The Hall–Kier alpha value is -4.18. The molecule has 5 heterocycles. The predicted molar refractivity (Wildman–Crippen MR) is 160 cm³/mol. The lowest BCUT2D eigenvalue weighted by molar-refractivity contribution is 0.0700. The third-order valence-electron chi connectivity index (χ3n) is 9.63. The predicted octanol–water partition coefficient (Wildman–Crippen LogP) is 4.12. The summed E-state index contributed by atoms with van der Waals surface area (Å²) in [4.78, 5) is 25.8. The van der Waals surface area contributed by atoms with Crippen LogP contribution >= 0.6 is 0 Å². The van der Waals surface area contributed by atoms with Crippen molar-refractivity contribution in [1.29, 1.82) is 0 Å². The maximum Gasteiger partial charge on any atom is 0.254 e.